The molecule has 2 aromatic rings. The zero-order chi connectivity index (χ0) is 17.5. The maximum atomic E-state index is 11.9. The summed E-state index contributed by atoms with van der Waals surface area (Å²) in [4.78, 5) is 27.7. The normalized spacial score (nSPS) is 11.6. The molecule has 0 bridgehead atoms. The molecule has 1 atom stereocenters. The number of benzene rings is 1. The van der Waals surface area contributed by atoms with Crippen molar-refractivity contribution in [3.8, 4) is 0 Å². The highest BCUT2D eigenvalue weighted by Gasteiger charge is 2.10. The number of carbonyl (C=O) groups is 2. The zero-order valence-corrected chi connectivity index (χ0v) is 14.1. The number of rotatable bonds is 5. The van der Waals surface area contributed by atoms with E-state index in [-0.39, 0.29) is 12.6 Å². The third kappa shape index (κ3) is 5.17. The number of imide groups is 1. The standard InChI is InChI=1S/C18H22N4O2/c1-12-4-5-16(10-13(12)2)21-18(24)22-17(23)11-20-14(3)15-6-8-19-9-7-15/h4-10,14,20H,11H2,1-3H3,(H2,21,22,23,24)/t14-/m0/s1. The lowest BCUT2D eigenvalue weighted by atomic mass is 10.1. The lowest BCUT2D eigenvalue weighted by molar-refractivity contribution is -0.119. The second-order valence-electron chi connectivity index (χ2n) is 5.68. The monoisotopic (exact) mass is 326 g/mol. The van der Waals surface area contributed by atoms with Crippen LogP contribution in [0.2, 0.25) is 0 Å². The minimum atomic E-state index is -0.540. The number of nitrogens with zero attached hydrogens (tertiary/aromatic N) is 1. The third-order valence-electron chi connectivity index (χ3n) is 3.79. The molecule has 0 aliphatic carbocycles. The van der Waals surface area contributed by atoms with Gasteiger partial charge in [-0.15, -0.1) is 0 Å². The molecule has 126 valence electrons. The summed E-state index contributed by atoms with van der Waals surface area (Å²) >= 11 is 0. The minimum absolute atomic E-state index is 0.0124. The minimum Gasteiger partial charge on any atom is -0.308 e. The van der Waals surface area contributed by atoms with Gasteiger partial charge in [-0.1, -0.05) is 6.07 Å². The molecule has 2 rings (SSSR count). The molecule has 1 heterocycles. The van der Waals surface area contributed by atoms with Crippen LogP contribution in [0.25, 0.3) is 0 Å². The number of hydrogen-bond donors (Lipinski definition) is 3. The first-order valence-electron chi connectivity index (χ1n) is 7.77. The van der Waals surface area contributed by atoms with E-state index in [1.807, 2.05) is 45.0 Å². The molecule has 0 fully saturated rings. The van der Waals surface area contributed by atoms with Crippen molar-refractivity contribution in [3.63, 3.8) is 0 Å². The zero-order valence-electron chi connectivity index (χ0n) is 14.1. The first-order chi connectivity index (χ1) is 11.5. The fourth-order valence-corrected chi connectivity index (χ4v) is 2.17. The predicted octanol–water partition coefficient (Wildman–Crippen LogP) is 2.70. The summed E-state index contributed by atoms with van der Waals surface area (Å²) in [6.45, 7) is 5.95. The number of carbonyl (C=O) groups excluding carboxylic acids is 2. The van der Waals surface area contributed by atoms with E-state index in [1.54, 1.807) is 18.5 Å². The van der Waals surface area contributed by atoms with E-state index in [2.05, 4.69) is 20.9 Å². The number of amides is 3. The van der Waals surface area contributed by atoms with Crippen LogP contribution in [0.15, 0.2) is 42.7 Å². The van der Waals surface area contributed by atoms with E-state index in [9.17, 15) is 9.59 Å². The SMILES string of the molecule is Cc1ccc(NC(=O)NC(=O)CN[C@@H](C)c2ccncc2)cc1C. The molecule has 0 saturated carbocycles. The molecule has 1 aromatic carbocycles. The molecule has 3 N–H and O–H groups in total. The quantitative estimate of drug-likeness (QED) is 0.789. The van der Waals surface area contributed by atoms with Crippen LogP contribution in [0.5, 0.6) is 0 Å². The van der Waals surface area contributed by atoms with Crippen LogP contribution in [0, 0.1) is 13.8 Å². The van der Waals surface area contributed by atoms with Crippen LogP contribution in [-0.4, -0.2) is 23.5 Å². The topological polar surface area (TPSA) is 83.1 Å². The van der Waals surface area contributed by atoms with E-state index in [0.717, 1.165) is 16.7 Å². The van der Waals surface area contributed by atoms with Crippen LogP contribution >= 0.6 is 0 Å². The van der Waals surface area contributed by atoms with Gasteiger partial charge in [-0.05, 0) is 61.7 Å². The number of aryl methyl sites for hydroxylation is 2. The molecule has 1 aromatic heterocycles. The second kappa shape index (κ2) is 8.21. The lowest BCUT2D eigenvalue weighted by Gasteiger charge is -2.14. The molecule has 3 amide bonds. The largest absolute Gasteiger partial charge is 0.325 e. The van der Waals surface area contributed by atoms with Crippen molar-refractivity contribution in [2.75, 3.05) is 11.9 Å². The van der Waals surface area contributed by atoms with Gasteiger partial charge in [0.15, 0.2) is 0 Å². The van der Waals surface area contributed by atoms with Crippen molar-refractivity contribution in [1.82, 2.24) is 15.6 Å². The van der Waals surface area contributed by atoms with Crippen molar-refractivity contribution in [3.05, 3.63) is 59.4 Å². The van der Waals surface area contributed by atoms with Gasteiger partial charge >= 0.3 is 6.03 Å². The lowest BCUT2D eigenvalue weighted by Crippen LogP contribution is -2.40. The summed E-state index contributed by atoms with van der Waals surface area (Å²) in [5.41, 5.74) is 3.90. The van der Waals surface area contributed by atoms with Gasteiger partial charge in [0.25, 0.3) is 0 Å². The molecule has 24 heavy (non-hydrogen) atoms. The number of anilines is 1. The third-order valence-corrected chi connectivity index (χ3v) is 3.79. The Kier molecular flexibility index (Phi) is 6.03. The van der Waals surface area contributed by atoms with Crippen LogP contribution in [0.1, 0.15) is 29.7 Å². The van der Waals surface area contributed by atoms with E-state index in [4.69, 9.17) is 0 Å². The Morgan fingerprint density at radius 1 is 1.08 bits per heavy atom. The first kappa shape index (κ1) is 17.6. The molecular formula is C18H22N4O2. The van der Waals surface area contributed by atoms with Crippen LogP contribution in [0.4, 0.5) is 10.5 Å². The van der Waals surface area contributed by atoms with Gasteiger partial charge in [-0.2, -0.15) is 0 Å². The Balaban J connectivity index is 1.79. The summed E-state index contributed by atoms with van der Waals surface area (Å²) < 4.78 is 0. The van der Waals surface area contributed by atoms with Gasteiger partial charge in [0, 0.05) is 24.1 Å². The Bertz CT molecular complexity index is 716. The van der Waals surface area contributed by atoms with Crippen molar-refractivity contribution in [2.24, 2.45) is 0 Å². The molecule has 0 unspecified atom stereocenters. The van der Waals surface area contributed by atoms with Gasteiger partial charge in [0.1, 0.15) is 0 Å². The molecule has 0 radical (unpaired) electrons. The Morgan fingerprint density at radius 2 is 1.79 bits per heavy atom. The van der Waals surface area contributed by atoms with Gasteiger partial charge in [-0.3, -0.25) is 15.1 Å². The predicted molar refractivity (Wildman–Crippen MR) is 93.7 cm³/mol. The molecule has 0 aliphatic rings. The highest BCUT2D eigenvalue weighted by atomic mass is 16.2. The van der Waals surface area contributed by atoms with Crippen molar-refractivity contribution >= 4 is 17.6 Å². The van der Waals surface area contributed by atoms with E-state index in [1.165, 1.54) is 0 Å². The number of nitrogens with one attached hydrogen (secondary N) is 3. The maximum absolute atomic E-state index is 11.9. The van der Waals surface area contributed by atoms with Gasteiger partial charge in [0.2, 0.25) is 5.91 Å². The Labute approximate surface area is 141 Å². The molecule has 6 nitrogen and oxygen atoms in total. The molecule has 0 saturated heterocycles. The fraction of sp³-hybridized carbons (Fsp3) is 0.278. The number of hydrogen-bond acceptors (Lipinski definition) is 4. The summed E-state index contributed by atoms with van der Waals surface area (Å²) in [5, 5.41) is 8.02. The summed E-state index contributed by atoms with van der Waals surface area (Å²) in [6, 6.07) is 8.79. The Hall–Kier alpha value is -2.73. The Morgan fingerprint density at radius 3 is 2.46 bits per heavy atom. The number of pyridine rings is 1. The average Bonchev–Trinajstić information content (AvgIpc) is 2.56. The van der Waals surface area contributed by atoms with Crippen LogP contribution < -0.4 is 16.0 Å². The highest BCUT2D eigenvalue weighted by molar-refractivity contribution is 6.01. The highest BCUT2D eigenvalue weighted by Crippen LogP contribution is 2.14. The van der Waals surface area contributed by atoms with Gasteiger partial charge < -0.3 is 10.6 Å². The van der Waals surface area contributed by atoms with Crippen molar-refractivity contribution < 1.29 is 9.59 Å². The van der Waals surface area contributed by atoms with E-state index in [0.29, 0.717) is 5.69 Å². The average molecular weight is 326 g/mol. The van der Waals surface area contributed by atoms with Crippen LogP contribution in [0.3, 0.4) is 0 Å². The summed E-state index contributed by atoms with van der Waals surface area (Å²) in [6.07, 6.45) is 3.40. The van der Waals surface area contributed by atoms with E-state index >= 15 is 0 Å². The smallest absolute Gasteiger partial charge is 0.308 e. The van der Waals surface area contributed by atoms with Gasteiger partial charge in [-0.25, -0.2) is 4.79 Å². The molecule has 0 spiro atoms. The fourth-order valence-electron chi connectivity index (χ4n) is 2.17. The van der Waals surface area contributed by atoms with Crippen molar-refractivity contribution in [1.29, 1.82) is 0 Å². The molecular weight excluding hydrogens is 304 g/mol. The van der Waals surface area contributed by atoms with Gasteiger partial charge in [0.05, 0.1) is 6.54 Å². The van der Waals surface area contributed by atoms with Crippen molar-refractivity contribution in [2.45, 2.75) is 26.8 Å². The van der Waals surface area contributed by atoms with E-state index < -0.39 is 11.9 Å². The first-order valence-corrected chi connectivity index (χ1v) is 7.77. The molecule has 0 aliphatic heterocycles. The maximum Gasteiger partial charge on any atom is 0.325 e. The number of aromatic nitrogens is 1. The number of urea groups is 1. The second-order valence-corrected chi connectivity index (χ2v) is 5.68. The summed E-state index contributed by atoms with van der Waals surface area (Å²) in [5.74, 6) is -0.391. The summed E-state index contributed by atoms with van der Waals surface area (Å²) in [7, 11) is 0. The van der Waals surface area contributed by atoms with Crippen LogP contribution in [-0.2, 0) is 4.79 Å². The molecule has 6 heteroatoms.